The lowest BCUT2D eigenvalue weighted by Crippen LogP contribution is -2.21. The molecule has 5 heteroatoms. The Hall–Kier alpha value is -0.870. The van der Waals surface area contributed by atoms with Gasteiger partial charge in [0.2, 0.25) is 0 Å². The van der Waals surface area contributed by atoms with Gasteiger partial charge in [0.05, 0.1) is 12.1 Å². The molecule has 1 aromatic rings. The van der Waals surface area contributed by atoms with Gasteiger partial charge in [0.15, 0.2) is 0 Å². The van der Waals surface area contributed by atoms with Crippen LogP contribution in [0.1, 0.15) is 12.0 Å². The van der Waals surface area contributed by atoms with Crippen molar-refractivity contribution in [2.75, 3.05) is 20.7 Å². The van der Waals surface area contributed by atoms with Gasteiger partial charge in [0, 0.05) is 18.5 Å². The van der Waals surface area contributed by atoms with Crippen molar-refractivity contribution in [3.05, 3.63) is 28.8 Å². The normalized spacial score (nSPS) is 11.6. The van der Waals surface area contributed by atoms with Gasteiger partial charge in [-0.2, -0.15) is 0 Å². The molecule has 2 nitrogen and oxygen atoms in total. The number of hydrogen-bond donors (Lipinski definition) is 1. The van der Waals surface area contributed by atoms with E-state index in [4.69, 9.17) is 16.3 Å². The zero-order chi connectivity index (χ0) is 12.2. The minimum Gasteiger partial charge on any atom is -0.497 e. The highest BCUT2D eigenvalue weighted by molar-refractivity contribution is 6.31. The summed E-state index contributed by atoms with van der Waals surface area (Å²) >= 11 is 5.79. The van der Waals surface area contributed by atoms with Gasteiger partial charge in [-0.05, 0) is 25.2 Å². The minimum atomic E-state index is -2.92. The molecular formula is C11H14ClF2NO. The maximum atomic E-state index is 13.7. The number of halogens is 3. The molecule has 0 atom stereocenters. The van der Waals surface area contributed by atoms with Crippen LogP contribution in [0.4, 0.5) is 8.78 Å². The number of benzene rings is 1. The third-order valence-corrected chi connectivity index (χ3v) is 2.57. The molecule has 0 heterocycles. The van der Waals surface area contributed by atoms with E-state index in [1.807, 2.05) is 0 Å². The van der Waals surface area contributed by atoms with Gasteiger partial charge in [-0.15, -0.1) is 0 Å². The maximum absolute atomic E-state index is 13.7. The predicted molar refractivity (Wildman–Crippen MR) is 60.4 cm³/mol. The van der Waals surface area contributed by atoms with Crippen molar-refractivity contribution in [1.82, 2.24) is 5.32 Å². The van der Waals surface area contributed by atoms with Gasteiger partial charge >= 0.3 is 0 Å². The predicted octanol–water partition coefficient (Wildman–Crippen LogP) is 3.05. The Balaban J connectivity index is 2.94. The molecule has 0 aliphatic rings. The zero-order valence-electron chi connectivity index (χ0n) is 9.19. The molecule has 0 amide bonds. The summed E-state index contributed by atoms with van der Waals surface area (Å²) < 4.78 is 32.3. The van der Waals surface area contributed by atoms with Crippen molar-refractivity contribution in [2.24, 2.45) is 0 Å². The lowest BCUT2D eigenvalue weighted by atomic mass is 10.1. The Morgan fingerprint density at radius 2 is 2.12 bits per heavy atom. The molecule has 0 aliphatic carbocycles. The van der Waals surface area contributed by atoms with E-state index in [0.717, 1.165) is 0 Å². The molecule has 90 valence electrons. The van der Waals surface area contributed by atoms with Gasteiger partial charge < -0.3 is 10.1 Å². The first-order chi connectivity index (χ1) is 7.51. The van der Waals surface area contributed by atoms with Gasteiger partial charge in [-0.25, -0.2) is 8.78 Å². The van der Waals surface area contributed by atoms with Crippen LogP contribution < -0.4 is 10.1 Å². The first-order valence-corrected chi connectivity index (χ1v) is 5.25. The van der Waals surface area contributed by atoms with Gasteiger partial charge in [0.1, 0.15) is 5.75 Å². The third kappa shape index (κ3) is 3.06. The lowest BCUT2D eigenvalue weighted by molar-refractivity contribution is -0.0122. The van der Waals surface area contributed by atoms with Crippen LogP contribution in [-0.4, -0.2) is 20.7 Å². The summed E-state index contributed by atoms with van der Waals surface area (Å²) in [6.45, 7) is 0.232. The van der Waals surface area contributed by atoms with E-state index >= 15 is 0 Å². The summed E-state index contributed by atoms with van der Waals surface area (Å²) in [7, 11) is 3.09. The van der Waals surface area contributed by atoms with Crippen LogP contribution in [0, 0.1) is 0 Å². The highest BCUT2D eigenvalue weighted by atomic mass is 35.5. The molecule has 16 heavy (non-hydrogen) atoms. The Morgan fingerprint density at radius 1 is 1.44 bits per heavy atom. The fourth-order valence-corrected chi connectivity index (χ4v) is 1.64. The zero-order valence-corrected chi connectivity index (χ0v) is 9.94. The standard InChI is InChI=1S/C11H14ClF2NO/c1-15-6-5-11(13,14)9-4-3-8(16-2)7-10(9)12/h3-4,7,15H,5-6H2,1-2H3. The van der Waals surface area contributed by atoms with Crippen LogP contribution in [0.2, 0.25) is 5.02 Å². The molecule has 1 rings (SSSR count). The smallest absolute Gasteiger partial charge is 0.275 e. The average molecular weight is 250 g/mol. The molecule has 0 saturated carbocycles. The molecule has 0 aromatic heterocycles. The maximum Gasteiger partial charge on any atom is 0.275 e. The SMILES string of the molecule is CNCCC(F)(F)c1ccc(OC)cc1Cl. The second kappa shape index (κ2) is 5.46. The van der Waals surface area contributed by atoms with Crippen LogP contribution >= 0.6 is 11.6 Å². The summed E-state index contributed by atoms with van der Waals surface area (Å²) in [5.74, 6) is -2.45. The molecule has 0 spiro atoms. The molecule has 0 radical (unpaired) electrons. The Morgan fingerprint density at radius 3 is 2.62 bits per heavy atom. The van der Waals surface area contributed by atoms with Gasteiger partial charge in [-0.1, -0.05) is 11.6 Å². The fourth-order valence-electron chi connectivity index (χ4n) is 1.34. The van der Waals surface area contributed by atoms with Crippen molar-refractivity contribution in [1.29, 1.82) is 0 Å². The molecule has 0 bridgehead atoms. The van der Waals surface area contributed by atoms with E-state index in [1.54, 1.807) is 7.05 Å². The Labute approximate surface area is 98.6 Å². The quantitative estimate of drug-likeness (QED) is 0.866. The van der Waals surface area contributed by atoms with E-state index in [1.165, 1.54) is 25.3 Å². The summed E-state index contributed by atoms with van der Waals surface area (Å²) in [4.78, 5) is 0. The van der Waals surface area contributed by atoms with E-state index in [2.05, 4.69) is 5.32 Å². The largest absolute Gasteiger partial charge is 0.497 e. The van der Waals surface area contributed by atoms with Crippen molar-refractivity contribution < 1.29 is 13.5 Å². The molecular weight excluding hydrogens is 236 g/mol. The van der Waals surface area contributed by atoms with Gasteiger partial charge in [0.25, 0.3) is 5.92 Å². The molecule has 0 unspecified atom stereocenters. The fraction of sp³-hybridized carbons (Fsp3) is 0.455. The molecule has 0 saturated heterocycles. The second-order valence-corrected chi connectivity index (χ2v) is 3.81. The number of rotatable bonds is 5. The van der Waals surface area contributed by atoms with Gasteiger partial charge in [-0.3, -0.25) is 0 Å². The highest BCUT2D eigenvalue weighted by Gasteiger charge is 2.33. The minimum absolute atomic E-state index is 0.0282. The third-order valence-electron chi connectivity index (χ3n) is 2.26. The topological polar surface area (TPSA) is 21.3 Å². The van der Waals surface area contributed by atoms with Crippen molar-refractivity contribution in [2.45, 2.75) is 12.3 Å². The first kappa shape index (κ1) is 13.2. The monoisotopic (exact) mass is 249 g/mol. The summed E-state index contributed by atoms with van der Waals surface area (Å²) in [5.41, 5.74) is -0.162. The van der Waals surface area contributed by atoms with Crippen LogP contribution in [-0.2, 0) is 5.92 Å². The second-order valence-electron chi connectivity index (χ2n) is 3.40. The molecule has 1 aromatic carbocycles. The van der Waals surface area contributed by atoms with E-state index < -0.39 is 5.92 Å². The van der Waals surface area contributed by atoms with Crippen LogP contribution in [0.3, 0.4) is 0 Å². The average Bonchev–Trinajstić information content (AvgIpc) is 2.25. The highest BCUT2D eigenvalue weighted by Crippen LogP contribution is 2.37. The number of methoxy groups -OCH3 is 1. The summed E-state index contributed by atoms with van der Waals surface area (Å²) in [6, 6.07) is 4.18. The number of nitrogens with one attached hydrogen (secondary N) is 1. The number of alkyl halides is 2. The van der Waals surface area contributed by atoms with E-state index in [9.17, 15) is 8.78 Å². The Bertz CT molecular complexity index is 358. The Kier molecular flexibility index (Phi) is 4.50. The van der Waals surface area contributed by atoms with E-state index in [0.29, 0.717) is 5.75 Å². The van der Waals surface area contributed by atoms with Crippen LogP contribution in [0.5, 0.6) is 5.75 Å². The van der Waals surface area contributed by atoms with Crippen molar-refractivity contribution in [3.8, 4) is 5.75 Å². The number of ether oxygens (including phenoxy) is 1. The van der Waals surface area contributed by atoms with E-state index in [-0.39, 0.29) is 23.6 Å². The first-order valence-electron chi connectivity index (χ1n) is 4.87. The van der Waals surface area contributed by atoms with Crippen molar-refractivity contribution in [3.63, 3.8) is 0 Å². The molecule has 0 aliphatic heterocycles. The summed E-state index contributed by atoms with van der Waals surface area (Å²) in [5, 5.41) is 2.72. The molecule has 0 fully saturated rings. The molecule has 1 N–H and O–H groups in total. The van der Waals surface area contributed by atoms with Crippen LogP contribution in [0.25, 0.3) is 0 Å². The van der Waals surface area contributed by atoms with Crippen molar-refractivity contribution >= 4 is 11.6 Å². The van der Waals surface area contributed by atoms with Crippen LogP contribution in [0.15, 0.2) is 18.2 Å². The lowest BCUT2D eigenvalue weighted by Gasteiger charge is -2.18. The summed E-state index contributed by atoms with van der Waals surface area (Å²) in [6.07, 6.45) is -0.282. The number of hydrogen-bond acceptors (Lipinski definition) is 2.